The first-order chi connectivity index (χ1) is 4.88. The van der Waals surface area contributed by atoms with E-state index >= 15 is 0 Å². The average Bonchev–Trinajstić information content (AvgIpc) is 1.85. The highest BCUT2D eigenvalue weighted by Crippen LogP contribution is 2.03. The molecule has 0 aliphatic carbocycles. The van der Waals surface area contributed by atoms with E-state index in [1.54, 1.807) is 0 Å². The zero-order valence-electron chi connectivity index (χ0n) is 7.63. The van der Waals surface area contributed by atoms with Gasteiger partial charge in [-0.2, -0.15) is 0 Å². The predicted molar refractivity (Wildman–Crippen MR) is 43.8 cm³/mol. The summed E-state index contributed by atoms with van der Waals surface area (Å²) in [6.45, 7) is 5.16. The van der Waals surface area contributed by atoms with Crippen molar-refractivity contribution in [1.29, 1.82) is 0 Å². The summed E-state index contributed by atoms with van der Waals surface area (Å²) in [6, 6.07) is 0. The van der Waals surface area contributed by atoms with Gasteiger partial charge in [-0.05, 0) is 0 Å². The molecule has 0 rings (SSSR count). The smallest absolute Gasteiger partial charge is 0.334 e. The Balaban J connectivity index is 3.97. The number of esters is 1. The molecule has 0 aromatic heterocycles. The minimum absolute atomic E-state index is 0.138. The maximum absolute atomic E-state index is 10.7. The molecule has 11 heavy (non-hydrogen) atoms. The van der Waals surface area contributed by atoms with Crippen molar-refractivity contribution >= 4 is 5.97 Å². The maximum Gasteiger partial charge on any atom is 0.334 e. The van der Waals surface area contributed by atoms with E-state index in [-0.39, 0.29) is 12.2 Å². The van der Waals surface area contributed by atoms with Gasteiger partial charge in [0.15, 0.2) is 0 Å². The molecule has 0 aromatic rings. The molecule has 0 aromatic carbocycles. The lowest BCUT2D eigenvalue weighted by Crippen LogP contribution is -2.45. The first kappa shape index (κ1) is 10.2. The number of quaternary nitrogens is 1. The molecule has 0 saturated carbocycles. The van der Waals surface area contributed by atoms with E-state index in [1.807, 2.05) is 28.1 Å². The summed E-state index contributed by atoms with van der Waals surface area (Å²) < 4.78 is 5.58. The van der Waals surface area contributed by atoms with E-state index in [4.69, 9.17) is 4.74 Å². The second-order valence-corrected chi connectivity index (χ2v) is 3.36. The fourth-order valence-electron chi connectivity index (χ4n) is 0.374. The molecule has 0 bridgehead atoms. The van der Waals surface area contributed by atoms with Crippen LogP contribution in [0.3, 0.4) is 0 Å². The topological polar surface area (TPSA) is 26.3 Å². The summed E-state index contributed by atoms with van der Waals surface area (Å²) in [5, 5.41) is 0. The number of nitrogens with zero attached hydrogens (tertiary/aromatic N) is 1. The molecular formula is C8H16NO2+. The molecule has 0 saturated heterocycles. The van der Waals surface area contributed by atoms with Crippen molar-refractivity contribution in [3.63, 3.8) is 0 Å². The van der Waals surface area contributed by atoms with E-state index < -0.39 is 0 Å². The largest absolute Gasteiger partial charge is 0.410 e. The summed E-state index contributed by atoms with van der Waals surface area (Å²) >= 11 is 0. The number of rotatable bonds is 3. The first-order valence-corrected chi connectivity index (χ1v) is 3.52. The molecule has 0 amide bonds. The van der Waals surface area contributed by atoms with Crippen molar-refractivity contribution in [3.05, 3.63) is 12.7 Å². The highest BCUT2D eigenvalue weighted by atomic mass is 16.6. The fraction of sp³-hybridized carbons (Fsp3) is 0.625. The fourth-order valence-corrected chi connectivity index (χ4v) is 0.374. The molecule has 1 atom stereocenters. The minimum atomic E-state index is -0.370. The van der Waals surface area contributed by atoms with Crippen LogP contribution in [0.15, 0.2) is 12.7 Å². The molecule has 0 N–H and O–H groups in total. The van der Waals surface area contributed by atoms with Gasteiger partial charge < -0.3 is 4.74 Å². The van der Waals surface area contributed by atoms with Crippen LogP contribution < -0.4 is 0 Å². The van der Waals surface area contributed by atoms with Crippen LogP contribution in [0.5, 0.6) is 0 Å². The summed E-state index contributed by atoms with van der Waals surface area (Å²) in [5.41, 5.74) is 0. The van der Waals surface area contributed by atoms with Gasteiger partial charge in [0.25, 0.3) is 0 Å². The van der Waals surface area contributed by atoms with Crippen LogP contribution in [0.1, 0.15) is 6.92 Å². The Bertz CT molecular complexity index is 158. The predicted octanol–water partition coefficient (Wildman–Crippen LogP) is 0.768. The second-order valence-electron chi connectivity index (χ2n) is 3.36. The van der Waals surface area contributed by atoms with Gasteiger partial charge >= 0.3 is 5.97 Å². The van der Waals surface area contributed by atoms with E-state index in [1.165, 1.54) is 6.08 Å². The lowest BCUT2D eigenvalue weighted by molar-refractivity contribution is -0.914. The summed E-state index contributed by atoms with van der Waals surface area (Å²) in [7, 11) is 5.88. The number of hydrogen-bond acceptors (Lipinski definition) is 2. The highest BCUT2D eigenvalue weighted by Gasteiger charge is 2.20. The SMILES string of the molecule is C=CC(=O)OC(C)[N+](C)(C)C. The molecule has 0 aliphatic heterocycles. The van der Waals surface area contributed by atoms with E-state index in [0.29, 0.717) is 4.48 Å². The van der Waals surface area contributed by atoms with Crippen molar-refractivity contribution in [1.82, 2.24) is 0 Å². The number of hydrogen-bond donors (Lipinski definition) is 0. The maximum atomic E-state index is 10.7. The van der Waals surface area contributed by atoms with Gasteiger partial charge in [-0.15, -0.1) is 0 Å². The van der Waals surface area contributed by atoms with Crippen molar-refractivity contribution < 1.29 is 14.0 Å². The Hall–Kier alpha value is -0.830. The third-order valence-corrected chi connectivity index (χ3v) is 1.54. The molecule has 0 heterocycles. The van der Waals surface area contributed by atoms with Gasteiger partial charge in [-0.1, -0.05) is 6.58 Å². The standard InChI is InChI=1S/C8H16NO2/c1-6-8(10)11-7(2)9(3,4)5/h6-7H,1H2,2-5H3/q+1. The number of carbonyl (C=O) groups is 1. The Labute approximate surface area is 67.8 Å². The van der Waals surface area contributed by atoms with Crippen LogP contribution >= 0.6 is 0 Å². The molecule has 64 valence electrons. The van der Waals surface area contributed by atoms with Crippen LogP contribution in [0, 0.1) is 0 Å². The molecule has 0 radical (unpaired) electrons. The molecule has 0 fully saturated rings. The van der Waals surface area contributed by atoms with E-state index in [9.17, 15) is 4.79 Å². The van der Waals surface area contributed by atoms with Gasteiger partial charge in [0.05, 0.1) is 21.1 Å². The van der Waals surface area contributed by atoms with Gasteiger partial charge in [0, 0.05) is 13.0 Å². The molecule has 1 unspecified atom stereocenters. The zero-order valence-corrected chi connectivity index (χ0v) is 7.63. The monoisotopic (exact) mass is 158 g/mol. The van der Waals surface area contributed by atoms with Gasteiger partial charge in [-0.3, -0.25) is 4.48 Å². The van der Waals surface area contributed by atoms with Crippen LogP contribution in [0.2, 0.25) is 0 Å². The lowest BCUT2D eigenvalue weighted by atomic mass is 10.5. The quantitative estimate of drug-likeness (QED) is 0.262. The number of ether oxygens (including phenoxy) is 1. The highest BCUT2D eigenvalue weighted by molar-refractivity contribution is 5.81. The van der Waals surface area contributed by atoms with Crippen molar-refractivity contribution in [2.75, 3.05) is 21.1 Å². The van der Waals surface area contributed by atoms with Crippen molar-refractivity contribution in [2.45, 2.75) is 13.2 Å². The molecule has 3 heteroatoms. The average molecular weight is 158 g/mol. The van der Waals surface area contributed by atoms with Gasteiger partial charge in [-0.25, -0.2) is 4.79 Å². The van der Waals surface area contributed by atoms with Crippen molar-refractivity contribution in [3.8, 4) is 0 Å². The van der Waals surface area contributed by atoms with Gasteiger partial charge in [0.2, 0.25) is 6.23 Å². The Morgan fingerprint density at radius 2 is 2.00 bits per heavy atom. The van der Waals surface area contributed by atoms with Crippen LogP contribution in [0.25, 0.3) is 0 Å². The van der Waals surface area contributed by atoms with E-state index in [0.717, 1.165) is 0 Å². The molecule has 0 aliphatic rings. The van der Waals surface area contributed by atoms with E-state index in [2.05, 4.69) is 6.58 Å². The third kappa shape index (κ3) is 3.78. The molecule has 0 spiro atoms. The van der Waals surface area contributed by atoms with Crippen LogP contribution in [-0.4, -0.2) is 37.8 Å². The minimum Gasteiger partial charge on any atom is -0.410 e. The summed E-state index contributed by atoms with van der Waals surface area (Å²) in [6.07, 6.45) is 1.03. The molecular weight excluding hydrogens is 142 g/mol. The normalized spacial score (nSPS) is 13.8. The van der Waals surface area contributed by atoms with Gasteiger partial charge in [0.1, 0.15) is 0 Å². The third-order valence-electron chi connectivity index (χ3n) is 1.54. The van der Waals surface area contributed by atoms with Crippen LogP contribution in [0.4, 0.5) is 0 Å². The number of carbonyl (C=O) groups excluding carboxylic acids is 1. The Kier molecular flexibility index (Phi) is 3.26. The zero-order chi connectivity index (χ0) is 9.07. The summed E-state index contributed by atoms with van der Waals surface area (Å²) in [5.74, 6) is -0.370. The van der Waals surface area contributed by atoms with Crippen LogP contribution in [-0.2, 0) is 9.53 Å². The second kappa shape index (κ2) is 3.53. The Morgan fingerprint density at radius 3 is 2.27 bits per heavy atom. The molecule has 3 nitrogen and oxygen atoms in total. The van der Waals surface area contributed by atoms with Crippen molar-refractivity contribution in [2.24, 2.45) is 0 Å². The Morgan fingerprint density at radius 1 is 1.55 bits per heavy atom. The summed E-state index contributed by atoms with van der Waals surface area (Å²) in [4.78, 5) is 10.7. The first-order valence-electron chi connectivity index (χ1n) is 3.52. The lowest BCUT2D eigenvalue weighted by Gasteiger charge is -2.29.